The zero-order chi connectivity index (χ0) is 22.0. The summed E-state index contributed by atoms with van der Waals surface area (Å²) in [6.07, 6.45) is 0.341. The molecular weight excluding hydrogens is 476 g/mol. The number of benzene rings is 3. The molecule has 0 fully saturated rings. The van der Waals surface area contributed by atoms with Crippen LogP contribution in [-0.2, 0) is 34.3 Å². The molecular formula is C24H23BrN2O3S. The van der Waals surface area contributed by atoms with Crippen molar-refractivity contribution in [2.24, 2.45) is 0 Å². The van der Waals surface area contributed by atoms with Gasteiger partial charge in [0.15, 0.2) is 0 Å². The van der Waals surface area contributed by atoms with Crippen molar-refractivity contribution >= 4 is 31.9 Å². The Balaban J connectivity index is 1.63. The maximum Gasteiger partial charge on any atom is 0.244 e. The summed E-state index contributed by atoms with van der Waals surface area (Å²) in [5.41, 5.74) is 3.85. The molecule has 0 aromatic heterocycles. The van der Waals surface area contributed by atoms with Gasteiger partial charge in [-0.25, -0.2) is 8.42 Å². The van der Waals surface area contributed by atoms with Gasteiger partial charge in [-0.1, -0.05) is 70.0 Å². The number of carbonyl (C=O) groups is 1. The number of halogens is 1. The fraction of sp³-hybridized carbons (Fsp3) is 0.208. The molecule has 3 aromatic rings. The van der Waals surface area contributed by atoms with Crippen LogP contribution in [0.3, 0.4) is 0 Å². The maximum atomic E-state index is 13.5. The molecule has 5 nitrogen and oxygen atoms in total. The molecule has 4 rings (SSSR count). The molecule has 1 amide bonds. The highest BCUT2D eigenvalue weighted by Crippen LogP contribution is 2.29. The molecule has 7 heteroatoms. The van der Waals surface area contributed by atoms with Crippen LogP contribution in [0.2, 0.25) is 0 Å². The topological polar surface area (TPSA) is 66.5 Å². The van der Waals surface area contributed by atoms with E-state index in [1.807, 2.05) is 55.5 Å². The van der Waals surface area contributed by atoms with Crippen molar-refractivity contribution in [3.8, 4) is 0 Å². The summed E-state index contributed by atoms with van der Waals surface area (Å²) < 4.78 is 29.2. The van der Waals surface area contributed by atoms with Crippen LogP contribution in [0.5, 0.6) is 0 Å². The number of aryl methyl sites for hydroxylation is 1. The highest BCUT2D eigenvalue weighted by molar-refractivity contribution is 9.10. The highest BCUT2D eigenvalue weighted by Gasteiger charge is 2.39. The Morgan fingerprint density at radius 3 is 2.32 bits per heavy atom. The molecule has 160 valence electrons. The van der Waals surface area contributed by atoms with E-state index in [0.717, 1.165) is 26.7 Å². The zero-order valence-electron chi connectivity index (χ0n) is 17.1. The second-order valence-electron chi connectivity index (χ2n) is 7.70. The van der Waals surface area contributed by atoms with Gasteiger partial charge < -0.3 is 5.32 Å². The number of nitrogens with zero attached hydrogens (tertiary/aromatic N) is 1. The highest BCUT2D eigenvalue weighted by atomic mass is 79.9. The lowest BCUT2D eigenvalue weighted by atomic mass is 9.95. The Hall–Kier alpha value is -2.48. The molecule has 0 bridgehead atoms. The second-order valence-corrected chi connectivity index (χ2v) is 10.5. The number of amides is 1. The van der Waals surface area contributed by atoms with Gasteiger partial charge in [0.05, 0.1) is 4.90 Å². The maximum absolute atomic E-state index is 13.5. The normalized spacial score (nSPS) is 16.5. The van der Waals surface area contributed by atoms with Crippen molar-refractivity contribution in [2.45, 2.75) is 37.4 Å². The molecule has 1 aliphatic heterocycles. The molecule has 0 spiro atoms. The van der Waals surface area contributed by atoms with Gasteiger partial charge in [0.25, 0.3) is 0 Å². The van der Waals surface area contributed by atoms with Crippen LogP contribution in [-0.4, -0.2) is 24.7 Å². The minimum Gasteiger partial charge on any atom is -0.351 e. The quantitative estimate of drug-likeness (QED) is 0.573. The molecule has 31 heavy (non-hydrogen) atoms. The average molecular weight is 499 g/mol. The number of nitrogens with one attached hydrogen (secondary N) is 1. The largest absolute Gasteiger partial charge is 0.351 e. The average Bonchev–Trinajstić information content (AvgIpc) is 2.78. The summed E-state index contributed by atoms with van der Waals surface area (Å²) in [6.45, 7) is 2.41. The first-order valence-electron chi connectivity index (χ1n) is 10.0. The summed E-state index contributed by atoms with van der Waals surface area (Å²) >= 11 is 3.40. The van der Waals surface area contributed by atoms with Gasteiger partial charge in [-0.05, 0) is 54.3 Å². The number of hydrogen-bond acceptors (Lipinski definition) is 3. The number of hydrogen-bond donors (Lipinski definition) is 1. The van der Waals surface area contributed by atoms with Crippen molar-refractivity contribution < 1.29 is 13.2 Å². The first-order chi connectivity index (χ1) is 14.8. The van der Waals surface area contributed by atoms with E-state index < -0.39 is 16.1 Å². The third-order valence-electron chi connectivity index (χ3n) is 5.52. The molecule has 1 atom stereocenters. The van der Waals surface area contributed by atoms with Gasteiger partial charge in [-0.15, -0.1) is 0 Å². The predicted molar refractivity (Wildman–Crippen MR) is 124 cm³/mol. The molecule has 0 aliphatic carbocycles. The Morgan fingerprint density at radius 2 is 1.65 bits per heavy atom. The van der Waals surface area contributed by atoms with Gasteiger partial charge >= 0.3 is 0 Å². The van der Waals surface area contributed by atoms with Crippen LogP contribution >= 0.6 is 15.9 Å². The summed E-state index contributed by atoms with van der Waals surface area (Å²) in [5, 5.41) is 2.92. The number of rotatable bonds is 5. The molecule has 0 unspecified atom stereocenters. The Kier molecular flexibility index (Phi) is 6.27. The SMILES string of the molecule is Cc1ccc(S(=O)(=O)N2Cc3ccccc3C[C@H]2C(=O)NCc2ccc(Br)cc2)cc1. The van der Waals surface area contributed by atoms with Gasteiger partial charge in [0.2, 0.25) is 15.9 Å². The lowest BCUT2D eigenvalue weighted by Crippen LogP contribution is -2.52. The first-order valence-corrected chi connectivity index (χ1v) is 12.3. The molecule has 1 heterocycles. The molecule has 1 aliphatic rings. The lowest BCUT2D eigenvalue weighted by molar-refractivity contribution is -0.125. The Bertz CT molecular complexity index is 1190. The number of fused-ring (bicyclic) bond motifs is 1. The minimum absolute atomic E-state index is 0.169. The van der Waals surface area contributed by atoms with Crippen LogP contribution in [0.25, 0.3) is 0 Å². The zero-order valence-corrected chi connectivity index (χ0v) is 19.5. The van der Waals surface area contributed by atoms with Crippen LogP contribution in [0.15, 0.2) is 82.2 Å². The van der Waals surface area contributed by atoms with Crippen molar-refractivity contribution in [1.82, 2.24) is 9.62 Å². The molecule has 0 saturated carbocycles. The van der Waals surface area contributed by atoms with Crippen molar-refractivity contribution in [3.63, 3.8) is 0 Å². The molecule has 0 radical (unpaired) electrons. The Morgan fingerprint density at radius 1 is 1.00 bits per heavy atom. The number of sulfonamides is 1. The summed E-state index contributed by atoms with van der Waals surface area (Å²) in [5.74, 6) is -0.298. The van der Waals surface area contributed by atoms with Gasteiger partial charge in [0, 0.05) is 17.6 Å². The van der Waals surface area contributed by atoms with E-state index in [4.69, 9.17) is 0 Å². The van der Waals surface area contributed by atoms with E-state index in [-0.39, 0.29) is 17.3 Å². The third kappa shape index (κ3) is 4.74. The van der Waals surface area contributed by atoms with Gasteiger partial charge in [0.1, 0.15) is 6.04 Å². The van der Waals surface area contributed by atoms with E-state index in [9.17, 15) is 13.2 Å². The van der Waals surface area contributed by atoms with E-state index in [1.54, 1.807) is 24.3 Å². The fourth-order valence-corrected chi connectivity index (χ4v) is 5.56. The second kappa shape index (κ2) is 8.94. The van der Waals surface area contributed by atoms with Crippen LogP contribution < -0.4 is 5.32 Å². The minimum atomic E-state index is -3.84. The van der Waals surface area contributed by atoms with Gasteiger partial charge in [-0.2, -0.15) is 4.31 Å². The first kappa shape index (κ1) is 21.7. The summed E-state index contributed by atoms with van der Waals surface area (Å²) in [6, 6.07) is 21.3. The Labute approximate surface area is 191 Å². The molecule has 3 aromatic carbocycles. The molecule has 0 saturated heterocycles. The summed E-state index contributed by atoms with van der Waals surface area (Å²) in [4.78, 5) is 13.4. The van der Waals surface area contributed by atoms with Gasteiger partial charge in [-0.3, -0.25) is 4.79 Å². The van der Waals surface area contributed by atoms with E-state index in [0.29, 0.717) is 13.0 Å². The smallest absolute Gasteiger partial charge is 0.244 e. The fourth-order valence-electron chi connectivity index (χ4n) is 3.73. The standard InChI is InChI=1S/C24H23BrN2O3S/c1-17-6-12-22(13-7-17)31(29,30)27-16-20-5-3-2-4-19(20)14-23(27)24(28)26-15-18-8-10-21(25)11-9-18/h2-13,23H,14-16H2,1H3,(H,26,28)/t23-/m0/s1. The predicted octanol–water partition coefficient (Wildman–Crippen LogP) is 4.19. The van der Waals surface area contributed by atoms with Crippen LogP contribution in [0.4, 0.5) is 0 Å². The van der Waals surface area contributed by atoms with E-state index in [1.165, 1.54) is 4.31 Å². The van der Waals surface area contributed by atoms with E-state index in [2.05, 4.69) is 21.2 Å². The van der Waals surface area contributed by atoms with Crippen molar-refractivity contribution in [1.29, 1.82) is 0 Å². The molecule has 1 N–H and O–H groups in total. The van der Waals surface area contributed by atoms with Crippen molar-refractivity contribution in [2.75, 3.05) is 0 Å². The lowest BCUT2D eigenvalue weighted by Gasteiger charge is -2.35. The van der Waals surface area contributed by atoms with E-state index >= 15 is 0 Å². The van der Waals surface area contributed by atoms with Crippen LogP contribution in [0.1, 0.15) is 22.3 Å². The summed E-state index contributed by atoms with van der Waals surface area (Å²) in [7, 11) is -3.84. The van der Waals surface area contributed by atoms with Crippen molar-refractivity contribution in [3.05, 3.63) is 99.5 Å². The van der Waals surface area contributed by atoms with Crippen LogP contribution in [0, 0.1) is 6.92 Å². The third-order valence-corrected chi connectivity index (χ3v) is 7.91. The number of carbonyl (C=O) groups excluding carboxylic acids is 1. The monoisotopic (exact) mass is 498 g/mol.